The molecule has 3 nitrogen and oxygen atoms in total. The Hall–Kier alpha value is -3.59. The van der Waals surface area contributed by atoms with E-state index in [0.717, 1.165) is 57.9 Å². The standard InChI is InChI=1S/C26H18O3/c27-26-20-8-4-7-19(20)21-13-22-23(15-28-24(22)14-25(21)29-26)18-11-9-17(10-12-18)16-5-2-1-3-6-16/h1-3,5-6,9-15H,4,7-8H2. The summed E-state index contributed by atoms with van der Waals surface area (Å²) in [5.74, 6) is 0. The summed E-state index contributed by atoms with van der Waals surface area (Å²) in [4.78, 5) is 12.2. The van der Waals surface area contributed by atoms with Gasteiger partial charge in [0.05, 0.1) is 6.26 Å². The summed E-state index contributed by atoms with van der Waals surface area (Å²) in [6.07, 6.45) is 4.54. The second kappa shape index (κ2) is 6.21. The summed E-state index contributed by atoms with van der Waals surface area (Å²) in [6.45, 7) is 0. The van der Waals surface area contributed by atoms with Crippen LogP contribution in [0, 0.1) is 0 Å². The fourth-order valence-corrected chi connectivity index (χ4v) is 4.50. The van der Waals surface area contributed by atoms with Crippen LogP contribution in [0.5, 0.6) is 0 Å². The predicted molar refractivity (Wildman–Crippen MR) is 115 cm³/mol. The fraction of sp³-hybridized carbons (Fsp3) is 0.115. The molecule has 29 heavy (non-hydrogen) atoms. The molecule has 6 rings (SSSR count). The molecule has 0 spiro atoms. The Morgan fingerprint density at radius 1 is 0.690 bits per heavy atom. The van der Waals surface area contributed by atoms with Crippen molar-refractivity contribution in [2.45, 2.75) is 19.3 Å². The van der Waals surface area contributed by atoms with Gasteiger partial charge in [-0.3, -0.25) is 0 Å². The number of hydrogen-bond donors (Lipinski definition) is 0. The molecule has 0 unspecified atom stereocenters. The maximum atomic E-state index is 12.2. The molecule has 0 radical (unpaired) electrons. The van der Waals surface area contributed by atoms with Crippen LogP contribution >= 0.6 is 0 Å². The van der Waals surface area contributed by atoms with Crippen molar-refractivity contribution in [2.24, 2.45) is 0 Å². The SMILES string of the molecule is O=c1oc2cc3occ(-c4ccc(-c5ccccc5)cc4)c3cc2c2c1CCC2. The van der Waals surface area contributed by atoms with Crippen LogP contribution in [0.15, 0.2) is 86.6 Å². The van der Waals surface area contributed by atoms with E-state index in [9.17, 15) is 4.79 Å². The van der Waals surface area contributed by atoms with Crippen molar-refractivity contribution < 1.29 is 8.83 Å². The number of furan rings is 1. The Balaban J connectivity index is 1.51. The first kappa shape index (κ1) is 16.4. The summed E-state index contributed by atoms with van der Waals surface area (Å²) >= 11 is 0. The molecule has 3 heteroatoms. The maximum absolute atomic E-state index is 12.2. The first-order valence-corrected chi connectivity index (χ1v) is 9.93. The van der Waals surface area contributed by atoms with Gasteiger partial charge in [-0.25, -0.2) is 4.79 Å². The lowest BCUT2D eigenvalue weighted by Crippen LogP contribution is -2.06. The zero-order valence-corrected chi connectivity index (χ0v) is 15.8. The second-order valence-electron chi connectivity index (χ2n) is 7.64. The molecule has 3 aromatic carbocycles. The molecule has 0 saturated carbocycles. The molecule has 5 aromatic rings. The Morgan fingerprint density at radius 2 is 1.41 bits per heavy atom. The smallest absolute Gasteiger partial charge is 0.339 e. The third-order valence-corrected chi connectivity index (χ3v) is 5.97. The number of fused-ring (bicyclic) bond motifs is 4. The van der Waals surface area contributed by atoms with Crippen molar-refractivity contribution in [2.75, 3.05) is 0 Å². The molecular weight excluding hydrogens is 360 g/mol. The van der Waals surface area contributed by atoms with Gasteiger partial charge in [0.25, 0.3) is 0 Å². The highest BCUT2D eigenvalue weighted by atomic mass is 16.4. The zero-order chi connectivity index (χ0) is 19.4. The van der Waals surface area contributed by atoms with Gasteiger partial charge in [-0.2, -0.15) is 0 Å². The van der Waals surface area contributed by atoms with Crippen LogP contribution in [0.2, 0.25) is 0 Å². The lowest BCUT2D eigenvalue weighted by molar-refractivity contribution is 0.550. The fourth-order valence-electron chi connectivity index (χ4n) is 4.50. The van der Waals surface area contributed by atoms with Crippen LogP contribution in [0.3, 0.4) is 0 Å². The van der Waals surface area contributed by atoms with Crippen LogP contribution in [0.1, 0.15) is 17.5 Å². The van der Waals surface area contributed by atoms with Crippen molar-refractivity contribution in [1.82, 2.24) is 0 Å². The quantitative estimate of drug-likeness (QED) is 0.336. The van der Waals surface area contributed by atoms with Gasteiger partial charge in [-0.15, -0.1) is 0 Å². The molecule has 0 atom stereocenters. The minimum absolute atomic E-state index is 0.201. The molecule has 0 saturated heterocycles. The van der Waals surface area contributed by atoms with Crippen molar-refractivity contribution in [1.29, 1.82) is 0 Å². The van der Waals surface area contributed by atoms with E-state index in [4.69, 9.17) is 8.83 Å². The predicted octanol–water partition coefficient (Wildman–Crippen LogP) is 6.36. The molecule has 1 aliphatic carbocycles. The molecule has 0 bridgehead atoms. The van der Waals surface area contributed by atoms with E-state index in [2.05, 4.69) is 54.6 Å². The Kier molecular flexibility index (Phi) is 3.51. The van der Waals surface area contributed by atoms with Crippen molar-refractivity contribution >= 4 is 21.9 Å². The molecule has 2 aromatic heterocycles. The number of benzene rings is 3. The van der Waals surface area contributed by atoms with Crippen LogP contribution in [-0.2, 0) is 12.8 Å². The van der Waals surface area contributed by atoms with E-state index < -0.39 is 0 Å². The maximum Gasteiger partial charge on any atom is 0.339 e. The zero-order valence-electron chi connectivity index (χ0n) is 15.8. The third kappa shape index (κ3) is 2.54. The van der Waals surface area contributed by atoms with E-state index in [0.29, 0.717) is 5.58 Å². The van der Waals surface area contributed by atoms with Crippen LogP contribution in [-0.4, -0.2) is 0 Å². The van der Waals surface area contributed by atoms with E-state index in [1.54, 1.807) is 6.26 Å². The highest BCUT2D eigenvalue weighted by molar-refractivity contribution is 6.02. The lowest BCUT2D eigenvalue weighted by atomic mass is 9.98. The average Bonchev–Trinajstić information content (AvgIpc) is 3.41. The van der Waals surface area contributed by atoms with Gasteiger partial charge >= 0.3 is 5.63 Å². The largest absolute Gasteiger partial charge is 0.464 e. The first-order valence-electron chi connectivity index (χ1n) is 9.93. The Bertz CT molecular complexity index is 1420. The van der Waals surface area contributed by atoms with E-state index in [1.807, 2.05) is 12.1 Å². The number of hydrogen-bond acceptors (Lipinski definition) is 3. The van der Waals surface area contributed by atoms with Crippen LogP contribution in [0.4, 0.5) is 0 Å². The van der Waals surface area contributed by atoms with Gasteiger partial charge in [0.1, 0.15) is 11.2 Å². The minimum Gasteiger partial charge on any atom is -0.464 e. The van der Waals surface area contributed by atoms with Gasteiger partial charge in [-0.05, 0) is 47.6 Å². The first-order chi connectivity index (χ1) is 14.3. The van der Waals surface area contributed by atoms with Gasteiger partial charge in [0.2, 0.25) is 0 Å². The van der Waals surface area contributed by atoms with Crippen molar-refractivity contribution in [3.63, 3.8) is 0 Å². The summed E-state index contributed by atoms with van der Waals surface area (Å²) in [5, 5.41) is 2.08. The molecular formula is C26H18O3. The summed E-state index contributed by atoms with van der Waals surface area (Å²) in [5.41, 5.74) is 7.69. The van der Waals surface area contributed by atoms with Crippen molar-refractivity contribution in [3.8, 4) is 22.3 Å². The topological polar surface area (TPSA) is 43.4 Å². The molecule has 1 aliphatic rings. The molecule has 0 fully saturated rings. The lowest BCUT2D eigenvalue weighted by Gasteiger charge is -2.06. The monoisotopic (exact) mass is 378 g/mol. The second-order valence-corrected chi connectivity index (χ2v) is 7.64. The number of rotatable bonds is 2. The number of aryl methyl sites for hydroxylation is 1. The van der Waals surface area contributed by atoms with Gasteiger partial charge < -0.3 is 8.83 Å². The van der Waals surface area contributed by atoms with Gasteiger partial charge in [-0.1, -0.05) is 54.6 Å². The normalized spacial score (nSPS) is 13.2. The Labute approximate surface area is 167 Å². The summed E-state index contributed by atoms with van der Waals surface area (Å²) in [7, 11) is 0. The highest BCUT2D eigenvalue weighted by Gasteiger charge is 2.21. The highest BCUT2D eigenvalue weighted by Crippen LogP contribution is 2.36. The average molecular weight is 378 g/mol. The van der Waals surface area contributed by atoms with E-state index in [1.165, 1.54) is 11.1 Å². The van der Waals surface area contributed by atoms with E-state index in [-0.39, 0.29) is 5.63 Å². The van der Waals surface area contributed by atoms with E-state index >= 15 is 0 Å². The molecule has 0 amide bonds. The Morgan fingerprint density at radius 3 is 2.24 bits per heavy atom. The van der Waals surface area contributed by atoms with Crippen molar-refractivity contribution in [3.05, 3.63) is 94.5 Å². The minimum atomic E-state index is -0.201. The van der Waals surface area contributed by atoms with Gasteiger partial charge in [0.15, 0.2) is 0 Å². The molecule has 140 valence electrons. The molecule has 2 heterocycles. The van der Waals surface area contributed by atoms with Crippen LogP contribution < -0.4 is 5.63 Å². The molecule has 0 N–H and O–H groups in total. The third-order valence-electron chi connectivity index (χ3n) is 5.97. The summed E-state index contributed by atoms with van der Waals surface area (Å²) < 4.78 is 11.4. The summed E-state index contributed by atoms with van der Waals surface area (Å²) in [6, 6.07) is 22.9. The van der Waals surface area contributed by atoms with Gasteiger partial charge in [0, 0.05) is 28.0 Å². The van der Waals surface area contributed by atoms with Crippen LogP contribution in [0.25, 0.3) is 44.2 Å². The molecule has 0 aliphatic heterocycles.